The quantitative estimate of drug-likeness (QED) is 0.841. The van der Waals surface area contributed by atoms with Crippen molar-refractivity contribution in [3.8, 4) is 11.8 Å². The van der Waals surface area contributed by atoms with E-state index in [0.29, 0.717) is 12.6 Å². The Balaban J connectivity index is 1.82. The van der Waals surface area contributed by atoms with Crippen molar-refractivity contribution in [2.45, 2.75) is 25.5 Å². The fourth-order valence-electron chi connectivity index (χ4n) is 2.13. The first-order valence-electron chi connectivity index (χ1n) is 6.35. The minimum atomic E-state index is 0.423. The van der Waals surface area contributed by atoms with Gasteiger partial charge < -0.3 is 10.5 Å². The lowest BCUT2D eigenvalue weighted by atomic mass is 10.2. The topological polar surface area (TPSA) is 38.5 Å². The van der Waals surface area contributed by atoms with Gasteiger partial charge in [0.1, 0.15) is 0 Å². The van der Waals surface area contributed by atoms with Crippen molar-refractivity contribution in [3.63, 3.8) is 0 Å². The molecule has 0 aliphatic carbocycles. The lowest BCUT2D eigenvalue weighted by molar-refractivity contribution is 0.0796. The molecule has 1 aliphatic heterocycles. The molecule has 1 aromatic rings. The lowest BCUT2D eigenvalue weighted by Crippen LogP contribution is -2.27. The molecule has 0 saturated carbocycles. The first-order valence-corrected chi connectivity index (χ1v) is 7.17. The molecule has 4 heteroatoms. The highest BCUT2D eigenvalue weighted by Crippen LogP contribution is 2.18. The smallest absolute Gasteiger partial charge is 0.0772 e. The van der Waals surface area contributed by atoms with Gasteiger partial charge in [-0.1, -0.05) is 11.8 Å². The molecule has 2 N–H and O–H groups in total. The summed E-state index contributed by atoms with van der Waals surface area (Å²) in [7, 11) is 2.15. The predicted molar refractivity (Wildman–Crippen MR) is 75.6 cm³/mol. The van der Waals surface area contributed by atoms with Crippen LogP contribution in [0.2, 0.25) is 0 Å². The molecule has 0 amide bonds. The molecule has 18 heavy (non-hydrogen) atoms. The number of rotatable bonds is 4. The van der Waals surface area contributed by atoms with Gasteiger partial charge in [0.15, 0.2) is 0 Å². The summed E-state index contributed by atoms with van der Waals surface area (Å²) in [6.45, 7) is 3.33. The number of ether oxygens (including phenoxy) is 1. The van der Waals surface area contributed by atoms with Gasteiger partial charge in [-0.15, -0.1) is 11.3 Å². The van der Waals surface area contributed by atoms with Gasteiger partial charge in [0, 0.05) is 24.6 Å². The van der Waals surface area contributed by atoms with E-state index in [1.807, 2.05) is 0 Å². The molecule has 1 atom stereocenters. The number of hydrogen-bond donors (Lipinski definition) is 1. The molecule has 2 rings (SSSR count). The van der Waals surface area contributed by atoms with Crippen LogP contribution in [0.4, 0.5) is 0 Å². The van der Waals surface area contributed by atoms with E-state index < -0.39 is 0 Å². The van der Waals surface area contributed by atoms with E-state index >= 15 is 0 Å². The fraction of sp³-hybridized carbons (Fsp3) is 0.571. The van der Waals surface area contributed by atoms with Crippen molar-refractivity contribution < 1.29 is 4.74 Å². The highest BCUT2D eigenvalue weighted by atomic mass is 32.1. The minimum Gasteiger partial charge on any atom is -0.377 e. The first kappa shape index (κ1) is 13.6. The van der Waals surface area contributed by atoms with Crippen LogP contribution in [0.3, 0.4) is 0 Å². The minimum absolute atomic E-state index is 0.423. The fourth-order valence-corrected chi connectivity index (χ4v) is 3.10. The molecule has 0 spiro atoms. The van der Waals surface area contributed by atoms with E-state index in [4.69, 9.17) is 10.5 Å². The molecule has 1 saturated heterocycles. The zero-order chi connectivity index (χ0) is 12.8. The van der Waals surface area contributed by atoms with Gasteiger partial charge in [-0.05, 0) is 32.0 Å². The van der Waals surface area contributed by atoms with Crippen LogP contribution in [0.15, 0.2) is 12.1 Å². The molecule has 98 valence electrons. The highest BCUT2D eigenvalue weighted by Gasteiger charge is 2.17. The summed E-state index contributed by atoms with van der Waals surface area (Å²) < 4.78 is 5.65. The van der Waals surface area contributed by atoms with E-state index in [-0.39, 0.29) is 0 Å². The summed E-state index contributed by atoms with van der Waals surface area (Å²) >= 11 is 1.75. The van der Waals surface area contributed by atoms with Gasteiger partial charge in [0.05, 0.1) is 17.5 Å². The number of nitrogens with two attached hydrogens (primary N) is 1. The maximum Gasteiger partial charge on any atom is 0.0772 e. The standard InChI is InChI=1S/C14H20N2OS/c1-16(10-12-4-3-9-17-12)11-14-7-6-13(18-14)5-2-8-15/h6-7,12H,3-4,8-11,15H2,1H3. The van der Waals surface area contributed by atoms with Crippen molar-refractivity contribution in [2.24, 2.45) is 5.73 Å². The molecule has 0 aromatic carbocycles. The van der Waals surface area contributed by atoms with Crippen molar-refractivity contribution in [1.82, 2.24) is 4.90 Å². The normalized spacial score (nSPS) is 18.9. The van der Waals surface area contributed by atoms with Crippen LogP contribution in [0.25, 0.3) is 0 Å². The Kier molecular flexibility index (Phi) is 5.21. The van der Waals surface area contributed by atoms with E-state index in [2.05, 4.69) is 35.9 Å². The second-order valence-corrected chi connectivity index (χ2v) is 5.77. The second-order valence-electron chi connectivity index (χ2n) is 4.60. The molecule has 0 radical (unpaired) electrons. The Morgan fingerprint density at radius 3 is 3.17 bits per heavy atom. The van der Waals surface area contributed by atoms with Crippen LogP contribution >= 0.6 is 11.3 Å². The highest BCUT2D eigenvalue weighted by molar-refractivity contribution is 7.12. The predicted octanol–water partition coefficient (Wildman–Crippen LogP) is 1.67. The van der Waals surface area contributed by atoms with Crippen molar-refractivity contribution >= 4 is 11.3 Å². The van der Waals surface area contributed by atoms with Crippen molar-refractivity contribution in [2.75, 3.05) is 26.7 Å². The third-order valence-electron chi connectivity index (χ3n) is 2.94. The molecule has 1 fully saturated rings. The van der Waals surface area contributed by atoms with Gasteiger partial charge in [0.25, 0.3) is 0 Å². The van der Waals surface area contributed by atoms with E-state index in [1.54, 1.807) is 11.3 Å². The maximum absolute atomic E-state index is 5.65. The zero-order valence-corrected chi connectivity index (χ0v) is 11.6. The summed E-state index contributed by atoms with van der Waals surface area (Å²) in [5, 5.41) is 0. The van der Waals surface area contributed by atoms with Gasteiger partial charge >= 0.3 is 0 Å². The molecule has 0 bridgehead atoms. The third kappa shape index (κ3) is 4.11. The van der Waals surface area contributed by atoms with E-state index in [1.165, 1.54) is 17.7 Å². The van der Waals surface area contributed by atoms with Crippen LogP contribution in [-0.2, 0) is 11.3 Å². The number of hydrogen-bond acceptors (Lipinski definition) is 4. The van der Waals surface area contributed by atoms with Gasteiger partial charge in [-0.25, -0.2) is 0 Å². The van der Waals surface area contributed by atoms with Crippen LogP contribution in [0.5, 0.6) is 0 Å². The van der Waals surface area contributed by atoms with Gasteiger partial charge in [-0.2, -0.15) is 0 Å². The summed E-state index contributed by atoms with van der Waals surface area (Å²) in [4.78, 5) is 4.76. The maximum atomic E-state index is 5.65. The van der Waals surface area contributed by atoms with Crippen LogP contribution in [-0.4, -0.2) is 37.7 Å². The number of nitrogens with zero attached hydrogens (tertiary/aromatic N) is 1. The van der Waals surface area contributed by atoms with Gasteiger partial charge in [0.2, 0.25) is 0 Å². The largest absolute Gasteiger partial charge is 0.377 e. The Morgan fingerprint density at radius 1 is 1.56 bits per heavy atom. The average Bonchev–Trinajstić information content (AvgIpc) is 2.98. The van der Waals surface area contributed by atoms with E-state index in [9.17, 15) is 0 Å². The molecular formula is C14H20N2OS. The van der Waals surface area contributed by atoms with Crippen molar-refractivity contribution in [1.29, 1.82) is 0 Å². The molecular weight excluding hydrogens is 244 g/mol. The van der Waals surface area contributed by atoms with Gasteiger partial charge in [-0.3, -0.25) is 4.90 Å². The Morgan fingerprint density at radius 2 is 2.44 bits per heavy atom. The third-order valence-corrected chi connectivity index (χ3v) is 3.93. The number of likely N-dealkylation sites (N-methyl/N-ethyl adjacent to an activating group) is 1. The molecule has 2 heterocycles. The Labute approximate surface area is 113 Å². The summed E-state index contributed by atoms with van der Waals surface area (Å²) in [6.07, 6.45) is 2.82. The summed E-state index contributed by atoms with van der Waals surface area (Å²) in [5.74, 6) is 5.96. The average molecular weight is 264 g/mol. The molecule has 1 aromatic heterocycles. The SMILES string of the molecule is CN(Cc1ccc(C#CCN)s1)CC1CCCO1. The van der Waals surface area contributed by atoms with Crippen LogP contribution in [0.1, 0.15) is 22.6 Å². The summed E-state index contributed by atoms with van der Waals surface area (Å²) in [5.41, 5.74) is 5.36. The lowest BCUT2D eigenvalue weighted by Gasteiger charge is -2.19. The Bertz CT molecular complexity index is 426. The molecule has 3 nitrogen and oxygen atoms in total. The van der Waals surface area contributed by atoms with Crippen molar-refractivity contribution in [3.05, 3.63) is 21.9 Å². The monoisotopic (exact) mass is 264 g/mol. The van der Waals surface area contributed by atoms with E-state index in [0.717, 1.165) is 24.6 Å². The second kappa shape index (κ2) is 6.91. The van der Waals surface area contributed by atoms with Crippen LogP contribution < -0.4 is 5.73 Å². The molecule has 1 aliphatic rings. The van der Waals surface area contributed by atoms with Crippen LogP contribution in [0, 0.1) is 11.8 Å². The zero-order valence-electron chi connectivity index (χ0n) is 10.8. The molecule has 1 unspecified atom stereocenters. The number of thiophene rings is 1. The Hall–Kier alpha value is -0.860. The summed E-state index contributed by atoms with van der Waals surface area (Å²) in [6, 6.07) is 4.22. The first-order chi connectivity index (χ1) is 8.78.